The fraction of sp³-hybridized carbons (Fsp3) is 0.154. The van der Waals surface area contributed by atoms with Gasteiger partial charge in [0.1, 0.15) is 5.82 Å². The second-order valence-corrected chi connectivity index (χ2v) is 7.64. The van der Waals surface area contributed by atoms with Crippen LogP contribution in [0.5, 0.6) is 0 Å². The Morgan fingerprint density at radius 1 is 1.00 bits per heavy atom. The maximum absolute atomic E-state index is 13.1. The van der Waals surface area contributed by atoms with Crippen LogP contribution < -0.4 is 5.32 Å². The Balaban J connectivity index is 1.54. The van der Waals surface area contributed by atoms with Crippen molar-refractivity contribution in [3.63, 3.8) is 0 Å². The lowest BCUT2D eigenvalue weighted by atomic mass is 10.0. The Hall–Kier alpha value is -4.13. The zero-order chi connectivity index (χ0) is 23.4. The van der Waals surface area contributed by atoms with Crippen molar-refractivity contribution in [3.05, 3.63) is 96.1 Å². The minimum Gasteiger partial charge on any atom is -0.449 e. The monoisotopic (exact) mass is 443 g/mol. The highest BCUT2D eigenvalue weighted by molar-refractivity contribution is 6.05. The highest BCUT2D eigenvalue weighted by Crippen LogP contribution is 2.25. The first-order valence-corrected chi connectivity index (χ1v) is 10.5. The summed E-state index contributed by atoms with van der Waals surface area (Å²) >= 11 is 0. The summed E-state index contributed by atoms with van der Waals surface area (Å²) in [6.07, 6.45) is 2.29. The van der Waals surface area contributed by atoms with Gasteiger partial charge in [-0.05, 0) is 55.8 Å². The molecule has 0 fully saturated rings. The molecule has 2 heterocycles. The number of carbonyl (C=O) groups excluding carboxylic acids is 2. The number of rotatable bonds is 6. The molecule has 0 radical (unpaired) electrons. The van der Waals surface area contributed by atoms with E-state index in [4.69, 9.17) is 4.74 Å². The van der Waals surface area contributed by atoms with E-state index in [0.717, 1.165) is 11.1 Å². The van der Waals surface area contributed by atoms with Crippen LogP contribution in [0.2, 0.25) is 0 Å². The zero-order valence-electron chi connectivity index (χ0n) is 18.2. The molecule has 0 aliphatic carbocycles. The molecule has 0 unspecified atom stereocenters. The Morgan fingerprint density at radius 2 is 1.76 bits per heavy atom. The van der Waals surface area contributed by atoms with Gasteiger partial charge in [0.05, 0.1) is 22.8 Å². The minimum absolute atomic E-state index is 0.311. The number of hydrogen-bond donors (Lipinski definition) is 1. The van der Waals surface area contributed by atoms with E-state index in [-0.39, 0.29) is 11.9 Å². The SMILES string of the molecule is C[C@H](OC(=O)c1cc(-c2cccnc2)nc2ccccc12)C(=O)N[C@H](C)c1ccc(F)cc1. The second kappa shape index (κ2) is 9.56. The number of halogens is 1. The molecule has 0 aliphatic rings. The first kappa shape index (κ1) is 22.1. The van der Waals surface area contributed by atoms with Gasteiger partial charge >= 0.3 is 5.97 Å². The highest BCUT2D eigenvalue weighted by atomic mass is 19.1. The number of nitrogens with one attached hydrogen (secondary N) is 1. The highest BCUT2D eigenvalue weighted by Gasteiger charge is 2.23. The Bertz CT molecular complexity index is 1290. The normalized spacial score (nSPS) is 12.7. The molecule has 166 valence electrons. The fourth-order valence-corrected chi connectivity index (χ4v) is 3.45. The molecule has 4 aromatic rings. The van der Waals surface area contributed by atoms with Crippen LogP contribution in [0.25, 0.3) is 22.2 Å². The van der Waals surface area contributed by atoms with Gasteiger partial charge in [-0.15, -0.1) is 0 Å². The number of carbonyl (C=O) groups is 2. The van der Waals surface area contributed by atoms with Crippen molar-refractivity contribution in [1.82, 2.24) is 15.3 Å². The number of ether oxygens (including phenoxy) is 1. The van der Waals surface area contributed by atoms with Crippen molar-refractivity contribution < 1.29 is 18.7 Å². The summed E-state index contributed by atoms with van der Waals surface area (Å²) < 4.78 is 18.6. The average molecular weight is 443 g/mol. The van der Waals surface area contributed by atoms with Crippen molar-refractivity contribution in [2.24, 2.45) is 0 Å². The van der Waals surface area contributed by atoms with Gasteiger partial charge in [-0.1, -0.05) is 30.3 Å². The molecule has 0 aliphatic heterocycles. The number of pyridine rings is 2. The number of benzene rings is 2. The molecule has 6 nitrogen and oxygen atoms in total. The van der Waals surface area contributed by atoms with Gasteiger partial charge in [-0.25, -0.2) is 14.2 Å². The summed E-state index contributed by atoms with van der Waals surface area (Å²) in [7, 11) is 0. The molecule has 2 aromatic heterocycles. The molecule has 0 saturated carbocycles. The third-order valence-electron chi connectivity index (χ3n) is 5.28. The van der Waals surface area contributed by atoms with E-state index in [0.29, 0.717) is 22.2 Å². The molecule has 0 saturated heterocycles. The number of amides is 1. The summed E-state index contributed by atoms with van der Waals surface area (Å²) in [5, 5.41) is 3.41. The number of hydrogen-bond acceptors (Lipinski definition) is 5. The molecular weight excluding hydrogens is 421 g/mol. The maximum atomic E-state index is 13.1. The molecule has 0 bridgehead atoms. The van der Waals surface area contributed by atoms with Crippen molar-refractivity contribution in [2.45, 2.75) is 26.0 Å². The first-order valence-electron chi connectivity index (χ1n) is 10.5. The van der Waals surface area contributed by atoms with Gasteiger partial charge in [0.25, 0.3) is 5.91 Å². The predicted octanol–water partition coefficient (Wildman–Crippen LogP) is 4.86. The summed E-state index contributed by atoms with van der Waals surface area (Å²) in [5.41, 5.74) is 3.02. The lowest BCUT2D eigenvalue weighted by molar-refractivity contribution is -0.129. The molecule has 1 amide bonds. The van der Waals surface area contributed by atoms with Gasteiger partial charge in [0.15, 0.2) is 6.10 Å². The average Bonchev–Trinajstić information content (AvgIpc) is 2.84. The second-order valence-electron chi connectivity index (χ2n) is 7.64. The number of para-hydroxylation sites is 1. The van der Waals surface area contributed by atoms with Crippen LogP contribution >= 0.6 is 0 Å². The number of fused-ring (bicyclic) bond motifs is 1. The van der Waals surface area contributed by atoms with Crippen molar-refractivity contribution in [2.75, 3.05) is 0 Å². The van der Waals surface area contributed by atoms with Crippen LogP contribution in [0.1, 0.15) is 35.8 Å². The van der Waals surface area contributed by atoms with E-state index in [9.17, 15) is 14.0 Å². The van der Waals surface area contributed by atoms with E-state index in [1.165, 1.54) is 19.1 Å². The van der Waals surface area contributed by atoms with Gasteiger partial charge in [-0.3, -0.25) is 9.78 Å². The molecule has 1 N–H and O–H groups in total. The number of esters is 1. The third-order valence-corrected chi connectivity index (χ3v) is 5.28. The largest absolute Gasteiger partial charge is 0.449 e. The Kier molecular flexibility index (Phi) is 6.40. The summed E-state index contributed by atoms with van der Waals surface area (Å²) in [6, 6.07) is 18.0. The lowest BCUT2D eigenvalue weighted by Crippen LogP contribution is -2.37. The Labute approximate surface area is 190 Å². The van der Waals surface area contributed by atoms with Gasteiger partial charge in [0, 0.05) is 23.3 Å². The molecule has 2 atom stereocenters. The third kappa shape index (κ3) is 5.03. The molecule has 4 rings (SSSR count). The van der Waals surface area contributed by atoms with Crippen molar-refractivity contribution >= 4 is 22.8 Å². The van der Waals surface area contributed by atoms with E-state index in [2.05, 4.69) is 15.3 Å². The zero-order valence-corrected chi connectivity index (χ0v) is 18.2. The predicted molar refractivity (Wildman–Crippen MR) is 123 cm³/mol. The smallest absolute Gasteiger partial charge is 0.339 e. The quantitative estimate of drug-likeness (QED) is 0.431. The minimum atomic E-state index is -1.03. The van der Waals surface area contributed by atoms with E-state index < -0.39 is 18.0 Å². The standard InChI is InChI=1S/C26H22FN3O3/c1-16(18-9-11-20(27)12-10-18)29-25(31)17(2)33-26(32)22-14-24(19-6-5-13-28-15-19)30-23-8-4-3-7-21(22)23/h3-17H,1-2H3,(H,29,31)/t16-,17+/m1/s1. The molecule has 0 spiro atoms. The molecular formula is C26H22FN3O3. The van der Waals surface area contributed by atoms with Crippen LogP contribution in [0.3, 0.4) is 0 Å². The van der Waals surface area contributed by atoms with Gasteiger partial charge in [-0.2, -0.15) is 0 Å². The van der Waals surface area contributed by atoms with Crippen LogP contribution in [-0.2, 0) is 9.53 Å². The summed E-state index contributed by atoms with van der Waals surface area (Å²) in [5.74, 6) is -1.43. The fourth-order valence-electron chi connectivity index (χ4n) is 3.45. The topological polar surface area (TPSA) is 81.2 Å². The van der Waals surface area contributed by atoms with Gasteiger partial charge < -0.3 is 10.1 Å². The molecule has 33 heavy (non-hydrogen) atoms. The Morgan fingerprint density at radius 3 is 2.48 bits per heavy atom. The molecule has 7 heteroatoms. The number of aromatic nitrogens is 2. The van der Waals surface area contributed by atoms with E-state index in [1.807, 2.05) is 24.3 Å². The van der Waals surface area contributed by atoms with Crippen LogP contribution in [0.15, 0.2) is 79.1 Å². The summed E-state index contributed by atoms with van der Waals surface area (Å²) in [4.78, 5) is 34.4. The van der Waals surface area contributed by atoms with Crippen LogP contribution in [0.4, 0.5) is 4.39 Å². The van der Waals surface area contributed by atoms with E-state index >= 15 is 0 Å². The molecule has 2 aromatic carbocycles. The summed E-state index contributed by atoms with van der Waals surface area (Å²) in [6.45, 7) is 3.28. The van der Waals surface area contributed by atoms with Crippen LogP contribution in [-0.4, -0.2) is 27.9 Å². The van der Waals surface area contributed by atoms with Gasteiger partial charge in [0.2, 0.25) is 0 Å². The first-order chi connectivity index (χ1) is 15.9. The maximum Gasteiger partial charge on any atom is 0.339 e. The van der Waals surface area contributed by atoms with E-state index in [1.54, 1.807) is 49.6 Å². The van der Waals surface area contributed by atoms with Crippen molar-refractivity contribution in [3.8, 4) is 11.3 Å². The van der Waals surface area contributed by atoms with Crippen LogP contribution in [0, 0.1) is 5.82 Å². The number of nitrogens with zero attached hydrogens (tertiary/aromatic N) is 2. The van der Waals surface area contributed by atoms with Crippen molar-refractivity contribution in [1.29, 1.82) is 0 Å². The lowest BCUT2D eigenvalue weighted by Gasteiger charge is -2.19.